The molecular weight excluding hydrogens is 212 g/mol. The van der Waals surface area contributed by atoms with E-state index in [4.69, 9.17) is 5.11 Å². The van der Waals surface area contributed by atoms with Crippen LogP contribution in [0.25, 0.3) is 0 Å². The summed E-state index contributed by atoms with van der Waals surface area (Å²) in [5.74, 6) is 0.422. The molecule has 90 valence electrons. The molecule has 2 atom stereocenters. The van der Waals surface area contributed by atoms with Gasteiger partial charge in [0, 0.05) is 6.61 Å². The lowest BCUT2D eigenvalue weighted by molar-refractivity contribution is 0.229. The molecule has 1 aromatic rings. The topological polar surface area (TPSA) is 20.2 Å². The van der Waals surface area contributed by atoms with Gasteiger partial charge in [0.25, 0.3) is 0 Å². The molecule has 1 nitrogen and oxygen atoms in total. The Labute approximate surface area is 101 Å². The molecule has 1 rings (SSSR count). The SMILES string of the molecule is C[C@H](CO)C[C@H](C)[Si](C)(C)c1ccccc1. The highest BCUT2D eigenvalue weighted by Gasteiger charge is 2.30. The van der Waals surface area contributed by atoms with E-state index in [0.29, 0.717) is 18.1 Å². The van der Waals surface area contributed by atoms with Crippen molar-refractivity contribution in [3.8, 4) is 0 Å². The highest BCUT2D eigenvalue weighted by Crippen LogP contribution is 2.28. The zero-order valence-electron chi connectivity index (χ0n) is 10.9. The smallest absolute Gasteiger partial charge is 0.0834 e. The zero-order chi connectivity index (χ0) is 12.2. The highest BCUT2D eigenvalue weighted by molar-refractivity contribution is 6.90. The lowest BCUT2D eigenvalue weighted by atomic mass is 10.1. The van der Waals surface area contributed by atoms with Crippen LogP contribution in [0.4, 0.5) is 0 Å². The Morgan fingerprint density at radius 3 is 2.19 bits per heavy atom. The first-order chi connectivity index (χ1) is 7.48. The molecule has 0 aliphatic carbocycles. The molecule has 0 saturated carbocycles. The molecule has 1 N–H and O–H groups in total. The van der Waals surface area contributed by atoms with Crippen molar-refractivity contribution in [2.45, 2.75) is 38.9 Å². The third kappa shape index (κ3) is 3.19. The third-order valence-electron chi connectivity index (χ3n) is 3.82. The second kappa shape index (κ2) is 5.64. The second-order valence-electron chi connectivity index (χ2n) is 5.51. The summed E-state index contributed by atoms with van der Waals surface area (Å²) < 4.78 is 0. The summed E-state index contributed by atoms with van der Waals surface area (Å²) in [4.78, 5) is 0. The van der Waals surface area contributed by atoms with Gasteiger partial charge in [-0.1, -0.05) is 62.5 Å². The van der Waals surface area contributed by atoms with Gasteiger partial charge in [-0.3, -0.25) is 0 Å². The molecule has 0 fully saturated rings. The van der Waals surface area contributed by atoms with Crippen LogP contribution < -0.4 is 5.19 Å². The molecule has 0 saturated heterocycles. The lowest BCUT2D eigenvalue weighted by Gasteiger charge is -2.31. The van der Waals surface area contributed by atoms with Crippen molar-refractivity contribution in [3.63, 3.8) is 0 Å². The van der Waals surface area contributed by atoms with Gasteiger partial charge in [-0.2, -0.15) is 0 Å². The maximum atomic E-state index is 9.14. The molecule has 0 amide bonds. The summed E-state index contributed by atoms with van der Waals surface area (Å²) in [6.45, 7) is 9.63. The molecule has 0 heterocycles. The van der Waals surface area contributed by atoms with Crippen LogP contribution >= 0.6 is 0 Å². The van der Waals surface area contributed by atoms with Crippen molar-refractivity contribution in [1.29, 1.82) is 0 Å². The van der Waals surface area contributed by atoms with Crippen LogP contribution in [0.3, 0.4) is 0 Å². The molecule has 2 heteroatoms. The molecule has 0 bridgehead atoms. The van der Waals surface area contributed by atoms with E-state index in [1.54, 1.807) is 0 Å². The van der Waals surface area contributed by atoms with Gasteiger partial charge in [-0.05, 0) is 17.9 Å². The van der Waals surface area contributed by atoms with Gasteiger partial charge in [0.05, 0.1) is 8.07 Å². The first-order valence-electron chi connectivity index (χ1n) is 6.15. The highest BCUT2D eigenvalue weighted by atomic mass is 28.3. The van der Waals surface area contributed by atoms with E-state index < -0.39 is 8.07 Å². The molecule has 0 spiro atoms. The standard InChI is InChI=1S/C14H24OSi/c1-12(11-15)10-13(2)16(3,4)14-8-6-5-7-9-14/h5-9,12-13,15H,10-11H2,1-4H3/t12-,13-/m0/s1. The Hall–Kier alpha value is -0.603. The molecule has 0 radical (unpaired) electrons. The Balaban J connectivity index is 2.77. The Morgan fingerprint density at radius 1 is 1.12 bits per heavy atom. The zero-order valence-corrected chi connectivity index (χ0v) is 11.9. The van der Waals surface area contributed by atoms with Crippen molar-refractivity contribution in [3.05, 3.63) is 30.3 Å². The molecule has 0 aliphatic heterocycles. The van der Waals surface area contributed by atoms with Gasteiger partial charge in [-0.15, -0.1) is 0 Å². The van der Waals surface area contributed by atoms with Gasteiger partial charge < -0.3 is 5.11 Å². The molecule has 16 heavy (non-hydrogen) atoms. The van der Waals surface area contributed by atoms with Crippen LogP contribution in [0.2, 0.25) is 18.6 Å². The van der Waals surface area contributed by atoms with E-state index >= 15 is 0 Å². The Bertz CT molecular complexity index is 308. The molecule has 0 aromatic heterocycles. The summed E-state index contributed by atoms with van der Waals surface area (Å²) in [5, 5.41) is 10.7. The van der Waals surface area contributed by atoms with Crippen molar-refractivity contribution in [1.82, 2.24) is 0 Å². The van der Waals surface area contributed by atoms with Crippen molar-refractivity contribution >= 4 is 13.3 Å². The summed E-state index contributed by atoms with van der Waals surface area (Å²) in [7, 11) is -1.37. The van der Waals surface area contributed by atoms with E-state index in [1.165, 1.54) is 5.19 Å². The number of aliphatic hydroxyl groups excluding tert-OH is 1. The van der Waals surface area contributed by atoms with Crippen molar-refractivity contribution in [2.24, 2.45) is 5.92 Å². The molecular formula is C14H24OSi. The van der Waals surface area contributed by atoms with E-state index in [-0.39, 0.29) is 0 Å². The Kier molecular flexibility index (Phi) is 4.75. The first kappa shape index (κ1) is 13.5. The number of rotatable bonds is 5. The minimum absolute atomic E-state index is 0.309. The van der Waals surface area contributed by atoms with Gasteiger partial charge in [0.15, 0.2) is 0 Å². The number of hydrogen-bond acceptors (Lipinski definition) is 1. The quantitative estimate of drug-likeness (QED) is 0.779. The van der Waals surface area contributed by atoms with Gasteiger partial charge in [0.2, 0.25) is 0 Å². The minimum atomic E-state index is -1.37. The molecule has 1 aromatic carbocycles. The summed E-state index contributed by atoms with van der Waals surface area (Å²) in [6.07, 6.45) is 1.13. The van der Waals surface area contributed by atoms with Gasteiger partial charge in [-0.25, -0.2) is 0 Å². The predicted molar refractivity (Wildman–Crippen MR) is 73.8 cm³/mol. The van der Waals surface area contributed by atoms with Crippen LogP contribution in [0.1, 0.15) is 20.3 Å². The van der Waals surface area contributed by atoms with Crippen LogP contribution in [0, 0.1) is 5.92 Å². The fraction of sp³-hybridized carbons (Fsp3) is 0.571. The number of hydrogen-bond donors (Lipinski definition) is 1. The van der Waals surface area contributed by atoms with E-state index in [0.717, 1.165) is 6.42 Å². The van der Waals surface area contributed by atoms with Crippen LogP contribution in [0.5, 0.6) is 0 Å². The maximum absolute atomic E-state index is 9.14. The average molecular weight is 236 g/mol. The van der Waals surface area contributed by atoms with E-state index in [9.17, 15) is 0 Å². The largest absolute Gasteiger partial charge is 0.396 e. The van der Waals surface area contributed by atoms with Crippen LogP contribution in [0.15, 0.2) is 30.3 Å². The minimum Gasteiger partial charge on any atom is -0.396 e. The van der Waals surface area contributed by atoms with Crippen LogP contribution in [-0.2, 0) is 0 Å². The average Bonchev–Trinajstić information content (AvgIpc) is 2.29. The summed E-state index contributed by atoms with van der Waals surface area (Å²) in [6, 6.07) is 10.9. The molecule has 0 unspecified atom stereocenters. The van der Waals surface area contributed by atoms with Gasteiger partial charge >= 0.3 is 0 Å². The summed E-state index contributed by atoms with van der Waals surface area (Å²) >= 11 is 0. The van der Waals surface area contributed by atoms with Crippen molar-refractivity contribution < 1.29 is 5.11 Å². The van der Waals surface area contributed by atoms with Crippen molar-refractivity contribution in [2.75, 3.05) is 6.61 Å². The third-order valence-corrected chi connectivity index (χ3v) is 8.34. The van der Waals surface area contributed by atoms with Gasteiger partial charge in [0.1, 0.15) is 0 Å². The van der Waals surface area contributed by atoms with E-state index in [2.05, 4.69) is 57.3 Å². The monoisotopic (exact) mass is 236 g/mol. The summed E-state index contributed by atoms with van der Waals surface area (Å²) in [5.41, 5.74) is 0.706. The fourth-order valence-corrected chi connectivity index (χ4v) is 4.74. The number of benzene rings is 1. The Morgan fingerprint density at radius 2 is 1.69 bits per heavy atom. The normalized spacial score (nSPS) is 15.8. The predicted octanol–water partition coefficient (Wildman–Crippen LogP) is 3.01. The van der Waals surface area contributed by atoms with Crippen LogP contribution in [-0.4, -0.2) is 19.8 Å². The first-order valence-corrected chi connectivity index (χ1v) is 9.22. The molecule has 0 aliphatic rings. The maximum Gasteiger partial charge on any atom is 0.0834 e. The lowest BCUT2D eigenvalue weighted by Crippen LogP contribution is -2.45. The number of aliphatic hydroxyl groups is 1. The second-order valence-corrected chi connectivity index (χ2v) is 10.5. The fourth-order valence-electron chi connectivity index (χ4n) is 2.12. The van der Waals surface area contributed by atoms with E-state index in [1.807, 2.05) is 0 Å².